The quantitative estimate of drug-likeness (QED) is 0.852. The summed E-state index contributed by atoms with van der Waals surface area (Å²) in [6.07, 6.45) is 1.86. The van der Waals surface area contributed by atoms with Gasteiger partial charge in [-0.05, 0) is 32.2 Å². The normalized spacial score (nSPS) is 17.6. The molecule has 0 aromatic heterocycles. The second-order valence-electron chi connectivity index (χ2n) is 4.73. The molecule has 2 amide bonds. The summed E-state index contributed by atoms with van der Waals surface area (Å²) in [4.78, 5) is 25.9. The number of hydrogen-bond donors (Lipinski definition) is 1. The van der Waals surface area contributed by atoms with Crippen LogP contribution in [-0.4, -0.2) is 46.0 Å². The molecule has 2 unspecified atom stereocenters. The number of aryl methyl sites for hydroxylation is 1. The predicted molar refractivity (Wildman–Crippen MR) is 75.5 cm³/mol. The summed E-state index contributed by atoms with van der Waals surface area (Å²) in [5.41, 5.74) is 1.88. The predicted octanol–water partition coefficient (Wildman–Crippen LogP) is 1.70. The first-order chi connectivity index (χ1) is 9.01. The number of amides is 2. The lowest BCUT2D eigenvalue weighted by molar-refractivity contribution is 0.0582. The third-order valence-electron chi connectivity index (χ3n) is 3.50. The minimum absolute atomic E-state index is 0.0607. The van der Waals surface area contributed by atoms with Gasteiger partial charge in [0.15, 0.2) is 0 Å². The van der Waals surface area contributed by atoms with Crippen molar-refractivity contribution >= 4 is 23.6 Å². The molecular formula is C14H17NO3S. The van der Waals surface area contributed by atoms with E-state index in [1.54, 1.807) is 19.1 Å². The van der Waals surface area contributed by atoms with E-state index in [4.69, 9.17) is 0 Å². The molecule has 4 nitrogen and oxygen atoms in total. The van der Waals surface area contributed by atoms with Crippen molar-refractivity contribution < 1.29 is 14.7 Å². The first-order valence-electron chi connectivity index (χ1n) is 6.13. The molecule has 1 N–H and O–H groups in total. The van der Waals surface area contributed by atoms with Crippen LogP contribution in [0.4, 0.5) is 0 Å². The van der Waals surface area contributed by atoms with Crippen molar-refractivity contribution in [1.82, 2.24) is 4.90 Å². The number of aliphatic hydroxyl groups is 1. The van der Waals surface area contributed by atoms with Gasteiger partial charge in [0.1, 0.15) is 0 Å². The SMILES string of the molecule is CSC(CO)C(C)N1C(=O)c2ccc(C)cc2C1=O. The summed E-state index contributed by atoms with van der Waals surface area (Å²) in [5, 5.41) is 9.16. The minimum atomic E-state index is -0.326. The van der Waals surface area contributed by atoms with Crippen molar-refractivity contribution in [2.24, 2.45) is 0 Å². The van der Waals surface area contributed by atoms with Gasteiger partial charge in [0.2, 0.25) is 0 Å². The Morgan fingerprint density at radius 1 is 1.26 bits per heavy atom. The fourth-order valence-electron chi connectivity index (χ4n) is 2.33. The lowest BCUT2D eigenvalue weighted by atomic mass is 10.1. The van der Waals surface area contributed by atoms with Crippen molar-refractivity contribution in [2.45, 2.75) is 25.1 Å². The molecule has 0 saturated carbocycles. The van der Waals surface area contributed by atoms with E-state index in [9.17, 15) is 14.7 Å². The highest BCUT2D eigenvalue weighted by Crippen LogP contribution is 2.28. The lowest BCUT2D eigenvalue weighted by Gasteiger charge is -2.28. The molecule has 0 spiro atoms. The van der Waals surface area contributed by atoms with Gasteiger partial charge in [0.25, 0.3) is 11.8 Å². The molecule has 2 atom stereocenters. The Kier molecular flexibility index (Phi) is 3.96. The molecular weight excluding hydrogens is 262 g/mol. The number of imide groups is 1. The summed E-state index contributed by atoms with van der Waals surface area (Å²) in [6.45, 7) is 3.63. The third-order valence-corrected chi connectivity index (χ3v) is 4.65. The highest BCUT2D eigenvalue weighted by atomic mass is 32.2. The molecule has 0 saturated heterocycles. The molecule has 5 heteroatoms. The maximum absolute atomic E-state index is 12.4. The topological polar surface area (TPSA) is 57.6 Å². The van der Waals surface area contributed by atoms with Gasteiger partial charge in [-0.25, -0.2) is 0 Å². The Hall–Kier alpha value is -1.33. The average Bonchev–Trinajstić information content (AvgIpc) is 2.63. The maximum atomic E-state index is 12.4. The van der Waals surface area contributed by atoms with Gasteiger partial charge in [0.05, 0.1) is 23.8 Å². The molecule has 19 heavy (non-hydrogen) atoms. The van der Waals surface area contributed by atoms with E-state index in [2.05, 4.69) is 0 Å². The lowest BCUT2D eigenvalue weighted by Crippen LogP contribution is -2.45. The average molecular weight is 279 g/mol. The zero-order valence-corrected chi connectivity index (χ0v) is 12.0. The molecule has 1 aromatic rings. The van der Waals surface area contributed by atoms with Gasteiger partial charge in [-0.2, -0.15) is 11.8 Å². The van der Waals surface area contributed by atoms with Gasteiger partial charge in [-0.15, -0.1) is 0 Å². The number of carbonyl (C=O) groups excluding carboxylic acids is 2. The molecule has 1 aliphatic heterocycles. The van der Waals surface area contributed by atoms with Crippen LogP contribution in [0.3, 0.4) is 0 Å². The Morgan fingerprint density at radius 2 is 1.89 bits per heavy atom. The fraction of sp³-hybridized carbons (Fsp3) is 0.429. The van der Waals surface area contributed by atoms with Crippen LogP contribution in [0.5, 0.6) is 0 Å². The summed E-state index contributed by atoms with van der Waals surface area (Å²) in [7, 11) is 0. The van der Waals surface area contributed by atoms with E-state index >= 15 is 0 Å². The Balaban J connectivity index is 2.37. The molecule has 1 aliphatic rings. The zero-order chi connectivity index (χ0) is 14.2. The fourth-order valence-corrected chi connectivity index (χ4v) is 3.00. The number of thioether (sulfide) groups is 1. The molecule has 2 rings (SSSR count). The number of fused-ring (bicyclic) bond motifs is 1. The highest BCUT2D eigenvalue weighted by molar-refractivity contribution is 7.99. The van der Waals surface area contributed by atoms with E-state index in [1.165, 1.54) is 16.7 Å². The van der Waals surface area contributed by atoms with E-state index in [1.807, 2.05) is 19.2 Å². The Morgan fingerprint density at radius 3 is 2.47 bits per heavy atom. The first-order valence-corrected chi connectivity index (χ1v) is 7.42. The third kappa shape index (κ3) is 2.28. The van der Waals surface area contributed by atoms with Crippen LogP contribution in [0.15, 0.2) is 18.2 Å². The summed E-state index contributed by atoms with van der Waals surface area (Å²) in [6, 6.07) is 4.95. The summed E-state index contributed by atoms with van der Waals surface area (Å²) < 4.78 is 0. The molecule has 0 aliphatic carbocycles. The van der Waals surface area contributed by atoms with Crippen LogP contribution < -0.4 is 0 Å². The van der Waals surface area contributed by atoms with Crippen LogP contribution in [0, 0.1) is 6.92 Å². The van der Waals surface area contributed by atoms with E-state index in [0.717, 1.165) is 5.56 Å². The van der Waals surface area contributed by atoms with Gasteiger partial charge in [-0.1, -0.05) is 11.6 Å². The zero-order valence-electron chi connectivity index (χ0n) is 11.2. The van der Waals surface area contributed by atoms with Crippen LogP contribution in [0.2, 0.25) is 0 Å². The number of benzene rings is 1. The highest BCUT2D eigenvalue weighted by Gasteiger charge is 2.40. The van der Waals surface area contributed by atoms with Crippen molar-refractivity contribution in [3.8, 4) is 0 Å². The monoisotopic (exact) mass is 279 g/mol. The number of aliphatic hydroxyl groups excluding tert-OH is 1. The molecule has 0 bridgehead atoms. The molecule has 0 radical (unpaired) electrons. The van der Waals surface area contributed by atoms with Gasteiger partial charge in [-0.3, -0.25) is 14.5 Å². The van der Waals surface area contributed by atoms with Crippen molar-refractivity contribution in [3.63, 3.8) is 0 Å². The van der Waals surface area contributed by atoms with Crippen LogP contribution >= 0.6 is 11.8 Å². The molecule has 1 heterocycles. The van der Waals surface area contributed by atoms with Crippen molar-refractivity contribution in [1.29, 1.82) is 0 Å². The van der Waals surface area contributed by atoms with E-state index in [0.29, 0.717) is 11.1 Å². The number of rotatable bonds is 4. The molecule has 102 valence electrons. The van der Waals surface area contributed by atoms with Crippen molar-refractivity contribution in [2.75, 3.05) is 12.9 Å². The van der Waals surface area contributed by atoms with Gasteiger partial charge < -0.3 is 5.11 Å². The standard InChI is InChI=1S/C14H17NO3S/c1-8-4-5-10-11(6-8)14(18)15(13(10)17)9(2)12(7-16)19-3/h4-6,9,12,16H,7H2,1-3H3. The van der Waals surface area contributed by atoms with Gasteiger partial charge >= 0.3 is 0 Å². The smallest absolute Gasteiger partial charge is 0.261 e. The van der Waals surface area contributed by atoms with Crippen LogP contribution in [-0.2, 0) is 0 Å². The second-order valence-corrected chi connectivity index (χ2v) is 5.80. The number of nitrogens with zero attached hydrogens (tertiary/aromatic N) is 1. The van der Waals surface area contributed by atoms with E-state index in [-0.39, 0.29) is 29.7 Å². The number of hydrogen-bond acceptors (Lipinski definition) is 4. The Labute approximate surface area is 116 Å². The van der Waals surface area contributed by atoms with E-state index < -0.39 is 0 Å². The number of carbonyl (C=O) groups is 2. The summed E-state index contributed by atoms with van der Waals surface area (Å²) >= 11 is 1.45. The Bertz CT molecular complexity index is 525. The second kappa shape index (κ2) is 5.35. The largest absolute Gasteiger partial charge is 0.395 e. The minimum Gasteiger partial charge on any atom is -0.395 e. The van der Waals surface area contributed by atoms with Crippen molar-refractivity contribution in [3.05, 3.63) is 34.9 Å². The molecule has 0 fully saturated rings. The maximum Gasteiger partial charge on any atom is 0.261 e. The summed E-state index contributed by atoms with van der Waals surface area (Å²) in [5.74, 6) is -0.524. The first kappa shape index (κ1) is 14.1. The molecule has 1 aromatic carbocycles. The van der Waals surface area contributed by atoms with Crippen LogP contribution in [0.25, 0.3) is 0 Å². The van der Waals surface area contributed by atoms with Crippen LogP contribution in [0.1, 0.15) is 33.2 Å². The van der Waals surface area contributed by atoms with Gasteiger partial charge in [0, 0.05) is 5.25 Å².